The number of pyridine rings is 1. The summed E-state index contributed by atoms with van der Waals surface area (Å²) in [5.41, 5.74) is 5.15. The third-order valence-electron chi connectivity index (χ3n) is 1.60. The average Bonchev–Trinajstić information content (AvgIpc) is 2.26. The van der Waals surface area contributed by atoms with Gasteiger partial charge in [-0.05, 0) is 6.07 Å². The summed E-state index contributed by atoms with van der Waals surface area (Å²) in [4.78, 5) is 24.4. The fraction of sp³-hybridized carbons (Fsp3) is 0.125. The van der Waals surface area contributed by atoms with E-state index in [0.717, 1.165) is 0 Å². The van der Waals surface area contributed by atoms with Gasteiger partial charge in [-0.3, -0.25) is 9.59 Å². The van der Waals surface area contributed by atoms with Crippen LogP contribution in [0.15, 0.2) is 28.3 Å². The predicted octanol–water partition coefficient (Wildman–Crippen LogP) is -1.15. The fourth-order valence-electron chi connectivity index (χ4n) is 0.860. The van der Waals surface area contributed by atoms with Crippen molar-refractivity contribution in [2.75, 3.05) is 6.54 Å². The Morgan fingerprint density at radius 1 is 1.60 bits per heavy atom. The molecule has 1 aromatic rings. The lowest BCUT2D eigenvalue weighted by Gasteiger charge is -2.02. The smallest absolute Gasteiger partial charge is 0.253 e. The number of amidine groups is 1. The number of hydrogen-bond acceptors (Lipinski definition) is 4. The Bertz CT molecular complexity index is 417. The summed E-state index contributed by atoms with van der Waals surface area (Å²) in [7, 11) is 0. The second-order valence-corrected chi connectivity index (χ2v) is 2.72. The quantitative estimate of drug-likeness (QED) is 0.218. The Balaban J connectivity index is 2.62. The maximum absolute atomic E-state index is 11.4. The molecule has 1 heterocycles. The number of nitrogens with zero attached hydrogens (tertiary/aromatic N) is 1. The molecule has 0 bridgehead atoms. The van der Waals surface area contributed by atoms with Crippen LogP contribution in [0.5, 0.6) is 0 Å². The van der Waals surface area contributed by atoms with Gasteiger partial charge in [0, 0.05) is 12.3 Å². The molecule has 0 unspecified atom stereocenters. The lowest BCUT2D eigenvalue weighted by Crippen LogP contribution is -2.33. The molecule has 1 rings (SSSR count). The minimum atomic E-state index is -0.419. The van der Waals surface area contributed by atoms with Gasteiger partial charge in [-0.1, -0.05) is 5.16 Å². The second-order valence-electron chi connectivity index (χ2n) is 2.72. The molecule has 0 spiro atoms. The minimum absolute atomic E-state index is 0.0611. The Hall–Kier alpha value is -2.31. The highest BCUT2D eigenvalue weighted by atomic mass is 16.4. The van der Waals surface area contributed by atoms with Crippen molar-refractivity contribution in [1.29, 1.82) is 0 Å². The van der Waals surface area contributed by atoms with Gasteiger partial charge in [0.25, 0.3) is 5.91 Å². The third kappa shape index (κ3) is 3.14. The van der Waals surface area contributed by atoms with Crippen LogP contribution in [0.1, 0.15) is 10.4 Å². The monoisotopic (exact) mass is 210 g/mol. The van der Waals surface area contributed by atoms with E-state index in [4.69, 9.17) is 10.9 Å². The standard InChI is InChI=1S/C8H10N4O3/c9-6(12-15)4-11-8(14)5-1-2-7(13)10-3-5/h1-3,15H,4H2,(H2,9,12)(H,10,13)(H,11,14). The first-order valence-electron chi connectivity index (χ1n) is 4.07. The molecule has 1 amide bonds. The van der Waals surface area contributed by atoms with Gasteiger partial charge < -0.3 is 21.2 Å². The van der Waals surface area contributed by atoms with Crippen molar-refractivity contribution in [2.24, 2.45) is 10.9 Å². The number of nitrogens with two attached hydrogens (primary N) is 1. The van der Waals surface area contributed by atoms with Crippen LogP contribution in [-0.4, -0.2) is 28.5 Å². The molecule has 0 atom stereocenters. The first-order chi connectivity index (χ1) is 7.13. The molecule has 80 valence electrons. The van der Waals surface area contributed by atoms with Gasteiger partial charge in [0.15, 0.2) is 5.84 Å². The number of hydrogen-bond donors (Lipinski definition) is 4. The zero-order chi connectivity index (χ0) is 11.3. The van der Waals surface area contributed by atoms with Crippen molar-refractivity contribution in [3.63, 3.8) is 0 Å². The molecular weight excluding hydrogens is 200 g/mol. The number of amides is 1. The maximum atomic E-state index is 11.4. The number of nitrogens with one attached hydrogen (secondary N) is 2. The molecule has 0 saturated carbocycles. The van der Waals surface area contributed by atoms with E-state index in [2.05, 4.69) is 15.5 Å². The zero-order valence-corrected chi connectivity index (χ0v) is 7.73. The number of oxime groups is 1. The highest BCUT2D eigenvalue weighted by Gasteiger charge is 2.04. The number of aromatic nitrogens is 1. The van der Waals surface area contributed by atoms with Crippen LogP contribution in [-0.2, 0) is 0 Å². The van der Waals surface area contributed by atoms with Crippen LogP contribution in [0.25, 0.3) is 0 Å². The molecule has 0 saturated heterocycles. The Labute approximate surface area is 84.6 Å². The fourth-order valence-corrected chi connectivity index (χ4v) is 0.860. The third-order valence-corrected chi connectivity index (χ3v) is 1.60. The lowest BCUT2D eigenvalue weighted by atomic mass is 10.3. The van der Waals surface area contributed by atoms with Gasteiger partial charge in [-0.2, -0.15) is 0 Å². The summed E-state index contributed by atoms with van der Waals surface area (Å²) in [5.74, 6) is -0.523. The van der Waals surface area contributed by atoms with Crippen molar-refractivity contribution in [3.05, 3.63) is 34.2 Å². The summed E-state index contributed by atoms with van der Waals surface area (Å²) >= 11 is 0. The maximum Gasteiger partial charge on any atom is 0.253 e. The molecule has 0 aliphatic heterocycles. The molecule has 0 aromatic carbocycles. The molecule has 0 fully saturated rings. The van der Waals surface area contributed by atoms with Crippen LogP contribution in [0.4, 0.5) is 0 Å². The summed E-state index contributed by atoms with van der Waals surface area (Å²) in [6.07, 6.45) is 1.28. The molecule has 1 aromatic heterocycles. The number of H-pyrrole nitrogens is 1. The van der Waals surface area contributed by atoms with Crippen molar-refractivity contribution in [2.45, 2.75) is 0 Å². The summed E-state index contributed by atoms with van der Waals surface area (Å²) in [6.45, 7) is -0.0611. The normalized spacial score (nSPS) is 11.1. The molecule has 0 aliphatic carbocycles. The molecule has 15 heavy (non-hydrogen) atoms. The van der Waals surface area contributed by atoms with E-state index in [-0.39, 0.29) is 17.9 Å². The predicted molar refractivity (Wildman–Crippen MR) is 52.8 cm³/mol. The topological polar surface area (TPSA) is 121 Å². The van der Waals surface area contributed by atoms with Gasteiger partial charge >= 0.3 is 0 Å². The summed E-state index contributed by atoms with van der Waals surface area (Å²) in [6, 6.07) is 2.61. The van der Waals surface area contributed by atoms with E-state index in [1.165, 1.54) is 18.3 Å². The van der Waals surface area contributed by atoms with Crippen molar-refractivity contribution in [3.8, 4) is 0 Å². The number of aromatic amines is 1. The van der Waals surface area contributed by atoms with Crippen molar-refractivity contribution >= 4 is 11.7 Å². The Kier molecular flexibility index (Phi) is 3.44. The average molecular weight is 210 g/mol. The minimum Gasteiger partial charge on any atom is -0.409 e. The summed E-state index contributed by atoms with van der Waals surface area (Å²) < 4.78 is 0. The van der Waals surface area contributed by atoms with Crippen LogP contribution in [0.2, 0.25) is 0 Å². The highest BCUT2D eigenvalue weighted by molar-refractivity contribution is 5.96. The van der Waals surface area contributed by atoms with Crippen LogP contribution < -0.4 is 16.6 Å². The van der Waals surface area contributed by atoms with Crippen LogP contribution in [0, 0.1) is 0 Å². The molecule has 0 radical (unpaired) electrons. The van der Waals surface area contributed by atoms with Crippen molar-refractivity contribution < 1.29 is 10.0 Å². The molecule has 7 heteroatoms. The van der Waals surface area contributed by atoms with Gasteiger partial charge in [0.2, 0.25) is 5.56 Å². The SMILES string of the molecule is N/C(CNC(=O)c1ccc(=O)[nH]c1)=N/O. The van der Waals surface area contributed by atoms with E-state index in [9.17, 15) is 9.59 Å². The van der Waals surface area contributed by atoms with Crippen LogP contribution in [0.3, 0.4) is 0 Å². The number of rotatable bonds is 3. The summed E-state index contributed by atoms with van der Waals surface area (Å²) in [5, 5.41) is 13.3. The van der Waals surface area contributed by atoms with E-state index in [0.29, 0.717) is 5.56 Å². The largest absolute Gasteiger partial charge is 0.409 e. The van der Waals surface area contributed by atoms with Gasteiger partial charge in [-0.15, -0.1) is 0 Å². The van der Waals surface area contributed by atoms with E-state index in [1.54, 1.807) is 0 Å². The Morgan fingerprint density at radius 3 is 2.87 bits per heavy atom. The van der Waals surface area contributed by atoms with Gasteiger partial charge in [0.1, 0.15) is 0 Å². The molecule has 7 nitrogen and oxygen atoms in total. The molecule has 5 N–H and O–H groups in total. The Morgan fingerprint density at radius 2 is 2.33 bits per heavy atom. The van der Waals surface area contributed by atoms with Gasteiger partial charge in [-0.25, -0.2) is 0 Å². The molecular formula is C8H10N4O3. The number of carbonyl (C=O) groups excluding carboxylic acids is 1. The van der Waals surface area contributed by atoms with E-state index in [1.807, 2.05) is 0 Å². The highest BCUT2D eigenvalue weighted by Crippen LogP contribution is 1.91. The van der Waals surface area contributed by atoms with Crippen LogP contribution >= 0.6 is 0 Å². The zero-order valence-electron chi connectivity index (χ0n) is 7.73. The van der Waals surface area contributed by atoms with E-state index < -0.39 is 5.91 Å². The molecule has 0 aliphatic rings. The lowest BCUT2D eigenvalue weighted by molar-refractivity contribution is 0.0958. The van der Waals surface area contributed by atoms with E-state index >= 15 is 0 Å². The first-order valence-corrected chi connectivity index (χ1v) is 4.07. The number of carbonyl (C=O) groups is 1. The first kappa shape index (κ1) is 10.8. The van der Waals surface area contributed by atoms with Crippen molar-refractivity contribution in [1.82, 2.24) is 10.3 Å². The second kappa shape index (κ2) is 4.80. The van der Waals surface area contributed by atoms with Gasteiger partial charge in [0.05, 0.1) is 12.1 Å².